The largest absolute Gasteiger partial charge is 0.493 e. The highest BCUT2D eigenvalue weighted by Gasteiger charge is 2.35. The van der Waals surface area contributed by atoms with E-state index < -0.39 is 23.0 Å². The number of carbonyl (C=O) groups excluding carboxylic acids is 2. The van der Waals surface area contributed by atoms with Crippen LogP contribution in [0.3, 0.4) is 0 Å². The van der Waals surface area contributed by atoms with Crippen LogP contribution < -0.4 is 20.1 Å². The van der Waals surface area contributed by atoms with Gasteiger partial charge >= 0.3 is 17.7 Å². The topological polar surface area (TPSA) is 129 Å². The Hall–Kier alpha value is -3.30. The fraction of sp³-hybridized carbons (Fsp3) is 0.444. The van der Waals surface area contributed by atoms with Gasteiger partial charge in [-0.2, -0.15) is 0 Å². The molecule has 1 aromatic rings. The van der Waals surface area contributed by atoms with Crippen LogP contribution in [0.4, 0.5) is 10.5 Å². The molecule has 28 heavy (non-hydrogen) atoms. The number of hydrogen-bond donors (Lipinski definition) is 2. The monoisotopic (exact) mass is 393 g/mol. The zero-order valence-corrected chi connectivity index (χ0v) is 16.2. The number of nitrogens with zero attached hydrogens (tertiary/aromatic N) is 1. The second-order valence-corrected chi connectivity index (χ2v) is 5.95. The third kappa shape index (κ3) is 4.16. The van der Waals surface area contributed by atoms with Gasteiger partial charge in [-0.25, -0.2) is 9.59 Å². The molecule has 1 aliphatic heterocycles. The SMILES string of the molecule is CCCOc1c(OC)cc(C2NC(=O)NC(CC)=C2C(=O)OC)cc1[N+](=O)[O-]. The van der Waals surface area contributed by atoms with E-state index in [0.29, 0.717) is 24.1 Å². The van der Waals surface area contributed by atoms with Gasteiger partial charge in [-0.15, -0.1) is 0 Å². The van der Waals surface area contributed by atoms with Crippen molar-refractivity contribution in [2.75, 3.05) is 20.8 Å². The first kappa shape index (κ1) is 21.0. The fourth-order valence-corrected chi connectivity index (χ4v) is 2.91. The minimum atomic E-state index is -0.941. The van der Waals surface area contributed by atoms with E-state index in [0.717, 1.165) is 0 Å². The molecule has 0 aromatic heterocycles. The molecule has 0 spiro atoms. The van der Waals surface area contributed by atoms with Crippen LogP contribution in [0.2, 0.25) is 0 Å². The molecule has 1 atom stereocenters. The number of methoxy groups -OCH3 is 2. The highest BCUT2D eigenvalue weighted by molar-refractivity contribution is 5.95. The summed E-state index contributed by atoms with van der Waals surface area (Å²) in [7, 11) is 2.58. The summed E-state index contributed by atoms with van der Waals surface area (Å²) in [5, 5.41) is 16.8. The van der Waals surface area contributed by atoms with Gasteiger partial charge in [0.15, 0.2) is 5.75 Å². The molecule has 10 heteroatoms. The van der Waals surface area contributed by atoms with Crippen LogP contribution in [0.25, 0.3) is 0 Å². The van der Waals surface area contributed by atoms with E-state index >= 15 is 0 Å². The van der Waals surface area contributed by atoms with E-state index in [1.54, 1.807) is 6.92 Å². The summed E-state index contributed by atoms with van der Waals surface area (Å²) in [4.78, 5) is 35.4. The van der Waals surface area contributed by atoms with E-state index in [1.165, 1.54) is 26.4 Å². The lowest BCUT2D eigenvalue weighted by Gasteiger charge is -2.29. The van der Waals surface area contributed by atoms with Gasteiger partial charge in [0.05, 0.1) is 37.4 Å². The Morgan fingerprint density at radius 3 is 2.54 bits per heavy atom. The van der Waals surface area contributed by atoms with Crippen LogP contribution in [0.5, 0.6) is 11.5 Å². The van der Waals surface area contributed by atoms with Crippen LogP contribution in [0.15, 0.2) is 23.4 Å². The molecule has 0 fully saturated rings. The number of carbonyl (C=O) groups is 2. The number of rotatable bonds is 8. The first-order valence-electron chi connectivity index (χ1n) is 8.75. The summed E-state index contributed by atoms with van der Waals surface area (Å²) in [6, 6.07) is 1.30. The van der Waals surface area contributed by atoms with Gasteiger partial charge in [-0.3, -0.25) is 10.1 Å². The molecule has 0 saturated heterocycles. The minimum Gasteiger partial charge on any atom is -0.493 e. The number of nitro groups is 1. The van der Waals surface area contributed by atoms with Crippen molar-refractivity contribution < 1.29 is 28.7 Å². The zero-order chi connectivity index (χ0) is 20.8. The van der Waals surface area contributed by atoms with E-state index in [2.05, 4.69) is 10.6 Å². The third-order valence-corrected chi connectivity index (χ3v) is 4.17. The van der Waals surface area contributed by atoms with Gasteiger partial charge in [-0.1, -0.05) is 13.8 Å². The number of nitro benzene ring substituents is 1. The first-order valence-corrected chi connectivity index (χ1v) is 8.75. The fourth-order valence-electron chi connectivity index (χ4n) is 2.91. The summed E-state index contributed by atoms with van der Waals surface area (Å²) < 4.78 is 15.6. The Balaban J connectivity index is 2.67. The number of allylic oxidation sites excluding steroid dienone is 1. The minimum absolute atomic E-state index is 0.00215. The standard InChI is InChI=1S/C18H23N3O7/c1-5-7-28-16-12(21(24)25)8-10(9-13(16)26-3)15-14(17(22)27-4)11(6-2)19-18(23)20-15/h8-9,15H,5-7H2,1-4H3,(H2,19,20,23). The molecule has 2 N–H and O–H groups in total. The molecule has 1 heterocycles. The summed E-state index contributed by atoms with van der Waals surface area (Å²) >= 11 is 0. The molecule has 0 saturated carbocycles. The van der Waals surface area contributed by atoms with E-state index in [9.17, 15) is 19.7 Å². The molecular weight excluding hydrogens is 370 g/mol. The number of amides is 2. The third-order valence-electron chi connectivity index (χ3n) is 4.17. The van der Waals surface area contributed by atoms with Gasteiger partial charge in [-0.05, 0) is 24.5 Å². The Bertz CT molecular complexity index is 820. The van der Waals surface area contributed by atoms with Gasteiger partial charge < -0.3 is 24.8 Å². The predicted molar refractivity (Wildman–Crippen MR) is 99.2 cm³/mol. The van der Waals surface area contributed by atoms with Crippen LogP contribution in [0, 0.1) is 10.1 Å². The molecular formula is C18H23N3O7. The van der Waals surface area contributed by atoms with Crippen LogP contribution >= 0.6 is 0 Å². The van der Waals surface area contributed by atoms with Crippen LogP contribution in [-0.2, 0) is 9.53 Å². The Morgan fingerprint density at radius 1 is 1.29 bits per heavy atom. The lowest BCUT2D eigenvalue weighted by molar-refractivity contribution is -0.386. The number of benzene rings is 1. The summed E-state index contributed by atoms with van der Waals surface area (Å²) in [6.07, 6.45) is 1.02. The maximum absolute atomic E-state index is 12.3. The van der Waals surface area contributed by atoms with Gasteiger partial charge in [0.1, 0.15) is 0 Å². The smallest absolute Gasteiger partial charge is 0.337 e. The first-order chi connectivity index (χ1) is 13.4. The highest BCUT2D eigenvalue weighted by atomic mass is 16.6. The quantitative estimate of drug-likeness (QED) is 0.394. The number of urea groups is 1. The molecule has 10 nitrogen and oxygen atoms in total. The molecule has 2 amide bonds. The summed E-state index contributed by atoms with van der Waals surface area (Å²) in [5.74, 6) is -0.521. The van der Waals surface area contributed by atoms with Gasteiger partial charge in [0.25, 0.3) is 0 Å². The molecule has 1 unspecified atom stereocenters. The van der Waals surface area contributed by atoms with Crippen molar-refractivity contribution in [2.45, 2.75) is 32.7 Å². The van der Waals surface area contributed by atoms with Crippen molar-refractivity contribution in [3.05, 3.63) is 39.1 Å². The van der Waals surface area contributed by atoms with E-state index in [1.807, 2.05) is 6.92 Å². The molecule has 152 valence electrons. The maximum Gasteiger partial charge on any atom is 0.337 e. The second-order valence-electron chi connectivity index (χ2n) is 5.95. The van der Waals surface area contributed by atoms with Gasteiger partial charge in [0.2, 0.25) is 5.75 Å². The van der Waals surface area contributed by atoms with Crippen molar-refractivity contribution in [1.29, 1.82) is 0 Å². The van der Waals surface area contributed by atoms with E-state index in [-0.39, 0.29) is 29.4 Å². The number of nitrogens with one attached hydrogen (secondary N) is 2. The molecule has 1 aromatic carbocycles. The van der Waals surface area contributed by atoms with Crippen LogP contribution in [0.1, 0.15) is 38.3 Å². The Morgan fingerprint density at radius 2 is 2.00 bits per heavy atom. The van der Waals surface area contributed by atoms with E-state index in [4.69, 9.17) is 14.2 Å². The average molecular weight is 393 g/mol. The lowest BCUT2D eigenvalue weighted by Crippen LogP contribution is -2.45. The number of ether oxygens (including phenoxy) is 3. The Labute approximate surface area is 162 Å². The molecule has 2 rings (SSSR count). The highest BCUT2D eigenvalue weighted by Crippen LogP contribution is 2.41. The Kier molecular flexibility index (Phi) is 6.80. The van der Waals surface area contributed by atoms with Crippen molar-refractivity contribution >= 4 is 17.7 Å². The van der Waals surface area contributed by atoms with Crippen LogP contribution in [-0.4, -0.2) is 37.8 Å². The van der Waals surface area contributed by atoms with Crippen molar-refractivity contribution in [3.63, 3.8) is 0 Å². The molecule has 0 aliphatic carbocycles. The molecule has 0 radical (unpaired) electrons. The summed E-state index contributed by atoms with van der Waals surface area (Å²) in [5.41, 5.74) is 0.531. The number of esters is 1. The predicted octanol–water partition coefficient (Wildman–Crippen LogP) is 2.58. The molecule has 1 aliphatic rings. The lowest BCUT2D eigenvalue weighted by atomic mass is 9.93. The zero-order valence-electron chi connectivity index (χ0n) is 16.2. The van der Waals surface area contributed by atoms with Crippen molar-refractivity contribution in [2.24, 2.45) is 0 Å². The molecule has 0 bridgehead atoms. The van der Waals surface area contributed by atoms with Crippen molar-refractivity contribution in [1.82, 2.24) is 10.6 Å². The van der Waals surface area contributed by atoms with Crippen molar-refractivity contribution in [3.8, 4) is 11.5 Å². The second kappa shape index (κ2) is 9.07. The maximum atomic E-state index is 12.3. The average Bonchev–Trinajstić information content (AvgIpc) is 2.70. The normalized spacial score (nSPS) is 16.1. The number of hydrogen-bond acceptors (Lipinski definition) is 7. The summed E-state index contributed by atoms with van der Waals surface area (Å²) in [6.45, 7) is 3.91. The van der Waals surface area contributed by atoms with Gasteiger partial charge in [0, 0.05) is 11.8 Å².